The lowest BCUT2D eigenvalue weighted by atomic mass is 10.1. The number of aromatic nitrogens is 1. The Morgan fingerprint density at radius 2 is 1.93 bits per heavy atom. The van der Waals surface area contributed by atoms with E-state index in [1.807, 2.05) is 5.38 Å². The second-order valence-electron chi connectivity index (χ2n) is 6.64. The van der Waals surface area contributed by atoms with E-state index in [0.717, 1.165) is 45.6 Å². The molecule has 11 heteroatoms. The molecule has 3 saturated heterocycles. The molecule has 0 aliphatic carbocycles. The molecule has 0 radical (unpaired) electrons. The minimum atomic E-state index is -5.08. The van der Waals surface area contributed by atoms with Crippen LogP contribution in [-0.4, -0.2) is 82.4 Å². The van der Waals surface area contributed by atoms with Crippen molar-refractivity contribution in [1.82, 2.24) is 14.8 Å². The van der Waals surface area contributed by atoms with Gasteiger partial charge in [-0.25, -0.2) is 9.78 Å². The van der Waals surface area contributed by atoms with E-state index in [-0.39, 0.29) is 5.91 Å². The summed E-state index contributed by atoms with van der Waals surface area (Å²) in [6.07, 6.45) is -1.75. The van der Waals surface area contributed by atoms with E-state index >= 15 is 0 Å². The van der Waals surface area contributed by atoms with E-state index in [9.17, 15) is 18.0 Å². The molecule has 3 aliphatic rings. The number of likely N-dealkylation sites (tertiary alicyclic amines) is 2. The quantitative estimate of drug-likeness (QED) is 0.806. The van der Waals surface area contributed by atoms with Crippen LogP contribution in [0.5, 0.6) is 0 Å². The number of halogens is 3. The Balaban J connectivity index is 0.000000260. The molecular formula is C16H20F3N3O4S. The Morgan fingerprint density at radius 1 is 1.22 bits per heavy atom. The van der Waals surface area contributed by atoms with Gasteiger partial charge in [0.2, 0.25) is 0 Å². The maximum atomic E-state index is 12.5. The van der Waals surface area contributed by atoms with Gasteiger partial charge >= 0.3 is 12.1 Å². The molecule has 0 bridgehead atoms. The van der Waals surface area contributed by atoms with Crippen LogP contribution >= 0.6 is 11.3 Å². The summed E-state index contributed by atoms with van der Waals surface area (Å²) in [5, 5.41) is 8.98. The van der Waals surface area contributed by atoms with E-state index in [2.05, 4.69) is 14.8 Å². The zero-order chi connectivity index (χ0) is 19.6. The second-order valence-corrected chi connectivity index (χ2v) is 7.36. The highest BCUT2D eigenvalue weighted by Gasteiger charge is 2.47. The lowest BCUT2D eigenvalue weighted by Crippen LogP contribution is -2.43. The van der Waals surface area contributed by atoms with Crippen molar-refractivity contribution in [2.45, 2.75) is 43.6 Å². The number of carboxylic acids is 1. The van der Waals surface area contributed by atoms with Gasteiger partial charge in [-0.2, -0.15) is 13.2 Å². The van der Waals surface area contributed by atoms with Gasteiger partial charge in [-0.1, -0.05) is 0 Å². The summed E-state index contributed by atoms with van der Waals surface area (Å²) in [6.45, 7) is 3.73. The van der Waals surface area contributed by atoms with Crippen LogP contribution in [0, 0.1) is 0 Å². The number of hydrogen-bond acceptors (Lipinski definition) is 6. The van der Waals surface area contributed by atoms with Gasteiger partial charge in [-0.15, -0.1) is 11.3 Å². The number of fused-ring (bicyclic) bond motifs is 1. The fraction of sp³-hybridized carbons (Fsp3) is 0.688. The highest BCUT2D eigenvalue weighted by atomic mass is 32.1. The lowest BCUT2D eigenvalue weighted by molar-refractivity contribution is -0.192. The SMILES string of the molecule is O=C(O)C(F)(F)F.O=C(c1cscn1)N1CC[C@@H]2[C@@H]1CCN2C1CCOC1. The van der Waals surface area contributed by atoms with Gasteiger partial charge < -0.3 is 14.7 Å². The summed E-state index contributed by atoms with van der Waals surface area (Å²) in [4.78, 5) is 30.2. The Labute approximate surface area is 157 Å². The Bertz CT molecular complexity index is 664. The van der Waals surface area contributed by atoms with E-state index in [0.29, 0.717) is 23.8 Å². The first-order valence-corrected chi connectivity index (χ1v) is 9.56. The number of amides is 1. The van der Waals surface area contributed by atoms with Crippen molar-refractivity contribution < 1.29 is 32.6 Å². The molecule has 1 N–H and O–H groups in total. The fourth-order valence-electron chi connectivity index (χ4n) is 3.97. The summed E-state index contributed by atoms with van der Waals surface area (Å²) in [5.74, 6) is -2.64. The maximum Gasteiger partial charge on any atom is 0.490 e. The minimum absolute atomic E-state index is 0.114. The maximum absolute atomic E-state index is 12.5. The fourth-order valence-corrected chi connectivity index (χ4v) is 4.50. The van der Waals surface area contributed by atoms with Crippen LogP contribution in [0.2, 0.25) is 0 Å². The van der Waals surface area contributed by atoms with Gasteiger partial charge in [0.05, 0.1) is 12.1 Å². The van der Waals surface area contributed by atoms with Gasteiger partial charge in [0, 0.05) is 43.2 Å². The van der Waals surface area contributed by atoms with Gasteiger partial charge in [0.1, 0.15) is 5.69 Å². The molecule has 1 unspecified atom stereocenters. The first-order chi connectivity index (χ1) is 12.8. The largest absolute Gasteiger partial charge is 0.490 e. The lowest BCUT2D eigenvalue weighted by Gasteiger charge is -2.29. The van der Waals surface area contributed by atoms with E-state index < -0.39 is 12.1 Å². The standard InChI is InChI=1S/C14H19N3O2S.C2HF3O2/c18-14(11-8-20-9-15-11)17-5-2-12-13(17)1-4-16(12)10-3-6-19-7-10;3-2(4,5)1(6)7/h8-10,12-13H,1-7H2;(H,6,7)/t10?,12-,13+;/m1./s1. The van der Waals surface area contributed by atoms with Gasteiger partial charge in [-0.05, 0) is 19.3 Å². The number of thiazole rings is 1. The van der Waals surface area contributed by atoms with Crippen LogP contribution in [0.15, 0.2) is 10.9 Å². The molecular weight excluding hydrogens is 387 g/mol. The Morgan fingerprint density at radius 3 is 2.48 bits per heavy atom. The molecule has 3 atom stereocenters. The van der Waals surface area contributed by atoms with Crippen LogP contribution in [0.3, 0.4) is 0 Å². The third-order valence-electron chi connectivity index (χ3n) is 5.15. The van der Waals surface area contributed by atoms with Crippen molar-refractivity contribution in [1.29, 1.82) is 0 Å². The van der Waals surface area contributed by atoms with Crippen molar-refractivity contribution in [3.63, 3.8) is 0 Å². The van der Waals surface area contributed by atoms with E-state index in [1.165, 1.54) is 11.3 Å². The number of hydrogen-bond donors (Lipinski definition) is 1. The van der Waals surface area contributed by atoms with Crippen LogP contribution in [0.25, 0.3) is 0 Å². The summed E-state index contributed by atoms with van der Waals surface area (Å²) in [7, 11) is 0. The number of aliphatic carboxylic acids is 1. The molecule has 0 spiro atoms. The number of nitrogens with zero attached hydrogens (tertiary/aromatic N) is 3. The van der Waals surface area contributed by atoms with Gasteiger partial charge in [0.15, 0.2) is 0 Å². The summed E-state index contributed by atoms with van der Waals surface area (Å²) < 4.78 is 37.3. The number of carboxylic acid groups (broad SMARTS) is 1. The zero-order valence-corrected chi connectivity index (χ0v) is 15.2. The second kappa shape index (κ2) is 8.11. The number of rotatable bonds is 2. The smallest absolute Gasteiger partial charge is 0.475 e. The topological polar surface area (TPSA) is 83.0 Å². The zero-order valence-electron chi connectivity index (χ0n) is 14.4. The van der Waals surface area contributed by atoms with Crippen LogP contribution in [0.4, 0.5) is 13.2 Å². The van der Waals surface area contributed by atoms with Crippen molar-refractivity contribution in [2.24, 2.45) is 0 Å². The van der Waals surface area contributed by atoms with Crippen molar-refractivity contribution in [3.05, 3.63) is 16.6 Å². The predicted molar refractivity (Wildman–Crippen MR) is 89.6 cm³/mol. The molecule has 3 aliphatic heterocycles. The molecule has 0 saturated carbocycles. The van der Waals surface area contributed by atoms with E-state index in [1.54, 1.807) is 5.51 Å². The molecule has 1 aromatic rings. The molecule has 7 nitrogen and oxygen atoms in total. The molecule has 27 heavy (non-hydrogen) atoms. The van der Waals surface area contributed by atoms with E-state index in [4.69, 9.17) is 14.6 Å². The van der Waals surface area contributed by atoms with Crippen LogP contribution in [-0.2, 0) is 9.53 Å². The highest BCUT2D eigenvalue weighted by Crippen LogP contribution is 2.35. The third kappa shape index (κ3) is 4.41. The van der Waals surface area contributed by atoms with Crippen molar-refractivity contribution >= 4 is 23.2 Å². The predicted octanol–water partition coefficient (Wildman–Crippen LogP) is 1.85. The summed E-state index contributed by atoms with van der Waals surface area (Å²) >= 11 is 1.49. The van der Waals surface area contributed by atoms with Gasteiger partial charge in [-0.3, -0.25) is 9.69 Å². The highest BCUT2D eigenvalue weighted by molar-refractivity contribution is 7.07. The summed E-state index contributed by atoms with van der Waals surface area (Å²) in [5.41, 5.74) is 2.34. The van der Waals surface area contributed by atoms with Crippen LogP contribution < -0.4 is 0 Å². The molecule has 3 fully saturated rings. The first kappa shape index (κ1) is 20.0. The molecule has 1 aromatic heterocycles. The number of alkyl halides is 3. The monoisotopic (exact) mass is 407 g/mol. The number of ether oxygens (including phenoxy) is 1. The molecule has 4 heterocycles. The number of carbonyl (C=O) groups is 2. The van der Waals surface area contributed by atoms with Gasteiger partial charge in [0.25, 0.3) is 5.91 Å². The minimum Gasteiger partial charge on any atom is -0.475 e. The third-order valence-corrected chi connectivity index (χ3v) is 5.74. The first-order valence-electron chi connectivity index (χ1n) is 8.62. The molecule has 4 rings (SSSR count). The molecule has 0 aromatic carbocycles. The van der Waals surface area contributed by atoms with Crippen LogP contribution in [0.1, 0.15) is 29.8 Å². The molecule has 1 amide bonds. The Hall–Kier alpha value is -1.72. The van der Waals surface area contributed by atoms with Crippen molar-refractivity contribution in [2.75, 3.05) is 26.3 Å². The van der Waals surface area contributed by atoms with Crippen molar-refractivity contribution in [3.8, 4) is 0 Å². The average molecular weight is 407 g/mol. The Kier molecular flexibility index (Phi) is 6.02. The number of carbonyl (C=O) groups excluding carboxylic acids is 1. The average Bonchev–Trinajstić information content (AvgIpc) is 3.36. The summed E-state index contributed by atoms with van der Waals surface area (Å²) in [6, 6.07) is 1.48. The normalized spacial score (nSPS) is 28.0. The molecule has 150 valence electrons.